The molecule has 0 saturated carbocycles. The van der Waals surface area contributed by atoms with Crippen molar-refractivity contribution in [3.63, 3.8) is 0 Å². The summed E-state index contributed by atoms with van der Waals surface area (Å²) in [6, 6.07) is 5.49. The molecule has 2 rings (SSSR count). The minimum Gasteiger partial charge on any atom is -0.304 e. The summed E-state index contributed by atoms with van der Waals surface area (Å²) in [7, 11) is 0. The van der Waals surface area contributed by atoms with Gasteiger partial charge in [-0.25, -0.2) is 0 Å². The van der Waals surface area contributed by atoms with Gasteiger partial charge in [-0.3, -0.25) is 9.59 Å². The molecule has 0 radical (unpaired) electrons. The van der Waals surface area contributed by atoms with Crippen LogP contribution < -0.4 is 4.90 Å². The van der Waals surface area contributed by atoms with Gasteiger partial charge in [-0.2, -0.15) is 0 Å². The average Bonchev–Trinajstić information content (AvgIpc) is 2.70. The lowest BCUT2D eigenvalue weighted by atomic mass is 9.84. The van der Waals surface area contributed by atoms with Crippen molar-refractivity contribution in [2.24, 2.45) is 5.41 Å². The zero-order chi connectivity index (χ0) is 14.9. The summed E-state index contributed by atoms with van der Waals surface area (Å²) in [4.78, 5) is 26.1. The quantitative estimate of drug-likeness (QED) is 0.547. The van der Waals surface area contributed by atoms with Crippen molar-refractivity contribution >= 4 is 49.2 Å². The molecule has 0 aromatic heterocycles. The molecule has 108 valence electrons. The third-order valence-electron chi connectivity index (χ3n) is 4.23. The molecule has 0 aliphatic carbocycles. The lowest BCUT2D eigenvalue weighted by Crippen LogP contribution is -2.41. The maximum absolute atomic E-state index is 12.3. The second kappa shape index (κ2) is 5.98. The number of rotatable bonds is 5. The SMILES string of the molecule is CCC(CC)(CBr)CN1C(=O)C(=O)c2c(Br)cccc21. The average molecular weight is 403 g/mol. The normalized spacial score (nSPS) is 14.9. The van der Waals surface area contributed by atoms with Crippen LogP contribution in [0.5, 0.6) is 0 Å². The number of alkyl halides is 1. The van der Waals surface area contributed by atoms with Crippen molar-refractivity contribution in [1.82, 2.24) is 0 Å². The van der Waals surface area contributed by atoms with Gasteiger partial charge in [0.05, 0.1) is 11.3 Å². The first-order valence-electron chi connectivity index (χ1n) is 6.70. The maximum atomic E-state index is 12.3. The fourth-order valence-electron chi connectivity index (χ4n) is 2.50. The third kappa shape index (κ3) is 2.46. The first kappa shape index (κ1) is 15.7. The van der Waals surface area contributed by atoms with Crippen molar-refractivity contribution in [3.8, 4) is 0 Å². The van der Waals surface area contributed by atoms with E-state index < -0.39 is 11.7 Å². The van der Waals surface area contributed by atoms with E-state index in [4.69, 9.17) is 0 Å². The molecule has 1 aromatic rings. The monoisotopic (exact) mass is 401 g/mol. The molecule has 1 heterocycles. The van der Waals surface area contributed by atoms with E-state index in [1.54, 1.807) is 11.0 Å². The Labute approximate surface area is 136 Å². The lowest BCUT2D eigenvalue weighted by Gasteiger charge is -2.34. The van der Waals surface area contributed by atoms with Crippen LogP contribution in [-0.2, 0) is 4.79 Å². The zero-order valence-corrected chi connectivity index (χ0v) is 14.8. The second-order valence-corrected chi connectivity index (χ2v) is 6.61. The summed E-state index contributed by atoms with van der Waals surface area (Å²) in [6.45, 7) is 4.81. The molecular formula is C15H17Br2NO2. The van der Waals surface area contributed by atoms with Gasteiger partial charge >= 0.3 is 0 Å². The highest BCUT2D eigenvalue weighted by molar-refractivity contribution is 9.10. The Morgan fingerprint density at radius 2 is 1.85 bits per heavy atom. The zero-order valence-electron chi connectivity index (χ0n) is 11.6. The Kier molecular flexibility index (Phi) is 4.69. The summed E-state index contributed by atoms with van der Waals surface area (Å²) in [5, 5.41) is 0.814. The number of Topliss-reactive ketones (excluding diaryl/α,β-unsaturated/α-hetero) is 1. The second-order valence-electron chi connectivity index (χ2n) is 5.20. The number of fused-ring (bicyclic) bond motifs is 1. The minimum absolute atomic E-state index is 0.000131. The Bertz CT molecular complexity index is 545. The van der Waals surface area contributed by atoms with E-state index >= 15 is 0 Å². The van der Waals surface area contributed by atoms with Crippen molar-refractivity contribution < 1.29 is 9.59 Å². The molecule has 0 spiro atoms. The van der Waals surface area contributed by atoms with Gasteiger partial charge in [-0.15, -0.1) is 0 Å². The Morgan fingerprint density at radius 1 is 1.20 bits per heavy atom. The van der Waals surface area contributed by atoms with E-state index in [9.17, 15) is 9.59 Å². The van der Waals surface area contributed by atoms with Crippen LogP contribution in [0.3, 0.4) is 0 Å². The van der Waals surface area contributed by atoms with Crippen LogP contribution in [-0.4, -0.2) is 23.6 Å². The Balaban J connectivity index is 2.43. The highest BCUT2D eigenvalue weighted by atomic mass is 79.9. The molecule has 1 aromatic carbocycles. The highest BCUT2D eigenvalue weighted by Crippen LogP contribution is 2.38. The number of hydrogen-bond acceptors (Lipinski definition) is 2. The molecular weight excluding hydrogens is 386 g/mol. The molecule has 0 atom stereocenters. The van der Waals surface area contributed by atoms with E-state index in [1.807, 2.05) is 12.1 Å². The van der Waals surface area contributed by atoms with Crippen molar-refractivity contribution in [3.05, 3.63) is 28.2 Å². The molecule has 20 heavy (non-hydrogen) atoms. The number of anilines is 1. The van der Waals surface area contributed by atoms with Gasteiger partial charge in [-0.05, 0) is 46.3 Å². The molecule has 0 unspecified atom stereocenters. The highest BCUT2D eigenvalue weighted by Gasteiger charge is 2.41. The van der Waals surface area contributed by atoms with Crippen LogP contribution in [0.1, 0.15) is 37.0 Å². The molecule has 1 amide bonds. The lowest BCUT2D eigenvalue weighted by molar-refractivity contribution is -0.114. The molecule has 3 nitrogen and oxygen atoms in total. The number of carbonyl (C=O) groups excluding carboxylic acids is 2. The molecule has 1 aliphatic heterocycles. The standard InChI is InChI=1S/C15H17Br2NO2/c1-3-15(4-2,8-16)9-18-11-7-5-6-10(17)12(11)13(19)14(18)20/h5-7H,3-4,8-9H2,1-2H3. The van der Waals surface area contributed by atoms with Crippen molar-refractivity contribution in [2.45, 2.75) is 26.7 Å². The van der Waals surface area contributed by atoms with Gasteiger partial charge < -0.3 is 4.90 Å². The van der Waals surface area contributed by atoms with Gasteiger partial charge in [0, 0.05) is 16.3 Å². The Hall–Kier alpha value is -0.680. The van der Waals surface area contributed by atoms with Crippen LogP contribution >= 0.6 is 31.9 Å². The molecule has 1 aliphatic rings. The number of nitrogens with zero attached hydrogens (tertiary/aromatic N) is 1. The van der Waals surface area contributed by atoms with Gasteiger partial charge in [-0.1, -0.05) is 35.8 Å². The van der Waals surface area contributed by atoms with E-state index in [0.717, 1.165) is 23.9 Å². The summed E-state index contributed by atoms with van der Waals surface area (Å²) < 4.78 is 0.688. The summed E-state index contributed by atoms with van der Waals surface area (Å²) in [6.07, 6.45) is 1.91. The number of ketones is 1. The van der Waals surface area contributed by atoms with E-state index in [2.05, 4.69) is 45.7 Å². The summed E-state index contributed by atoms with van der Waals surface area (Å²) in [5.74, 6) is -0.831. The van der Waals surface area contributed by atoms with Crippen LogP contribution in [0.4, 0.5) is 5.69 Å². The first-order valence-corrected chi connectivity index (χ1v) is 8.61. The topological polar surface area (TPSA) is 37.4 Å². The Morgan fingerprint density at radius 3 is 2.40 bits per heavy atom. The largest absolute Gasteiger partial charge is 0.304 e. The van der Waals surface area contributed by atoms with Gasteiger partial charge in [0.2, 0.25) is 0 Å². The van der Waals surface area contributed by atoms with Crippen LogP contribution in [0.2, 0.25) is 0 Å². The fourth-order valence-corrected chi connectivity index (χ4v) is 4.00. The summed E-state index contributed by atoms with van der Waals surface area (Å²) in [5.41, 5.74) is 1.22. The fraction of sp³-hybridized carbons (Fsp3) is 0.467. The third-order valence-corrected chi connectivity index (χ3v) is 6.08. The number of benzene rings is 1. The van der Waals surface area contributed by atoms with E-state index in [0.29, 0.717) is 16.6 Å². The molecule has 5 heteroatoms. The van der Waals surface area contributed by atoms with Crippen LogP contribution in [0.15, 0.2) is 22.7 Å². The van der Waals surface area contributed by atoms with Crippen molar-refractivity contribution in [2.75, 3.05) is 16.8 Å². The van der Waals surface area contributed by atoms with Gasteiger partial charge in [0.15, 0.2) is 0 Å². The first-order chi connectivity index (χ1) is 9.49. The summed E-state index contributed by atoms with van der Waals surface area (Å²) >= 11 is 6.92. The van der Waals surface area contributed by atoms with Crippen LogP contribution in [0, 0.1) is 5.41 Å². The molecule has 0 saturated heterocycles. The predicted molar refractivity (Wildman–Crippen MR) is 87.6 cm³/mol. The van der Waals surface area contributed by atoms with Gasteiger partial charge in [0.25, 0.3) is 11.7 Å². The number of hydrogen-bond donors (Lipinski definition) is 0. The smallest absolute Gasteiger partial charge is 0.299 e. The minimum atomic E-state index is -0.417. The van der Waals surface area contributed by atoms with E-state index in [1.165, 1.54) is 0 Å². The van der Waals surface area contributed by atoms with Crippen LogP contribution in [0.25, 0.3) is 0 Å². The molecule has 0 N–H and O–H groups in total. The molecule has 0 bridgehead atoms. The molecule has 0 fully saturated rings. The number of halogens is 2. The predicted octanol–water partition coefficient (Wildman–Crippen LogP) is 4.18. The van der Waals surface area contributed by atoms with Crippen molar-refractivity contribution in [1.29, 1.82) is 0 Å². The number of amides is 1. The van der Waals surface area contributed by atoms with E-state index in [-0.39, 0.29) is 5.41 Å². The number of carbonyl (C=O) groups is 2. The maximum Gasteiger partial charge on any atom is 0.299 e. The van der Waals surface area contributed by atoms with Gasteiger partial charge in [0.1, 0.15) is 0 Å².